The van der Waals surface area contributed by atoms with Gasteiger partial charge in [-0.05, 0) is 54.5 Å². The van der Waals surface area contributed by atoms with E-state index in [1.807, 2.05) is 24.3 Å². The van der Waals surface area contributed by atoms with Crippen molar-refractivity contribution in [2.45, 2.75) is 38.8 Å². The number of hydrogen-bond acceptors (Lipinski definition) is 5. The van der Waals surface area contributed by atoms with E-state index in [4.69, 9.17) is 4.74 Å². The van der Waals surface area contributed by atoms with Crippen LogP contribution in [0.4, 0.5) is 11.4 Å². The van der Waals surface area contributed by atoms with Crippen LogP contribution in [-0.4, -0.2) is 49.1 Å². The van der Waals surface area contributed by atoms with Gasteiger partial charge in [0.05, 0.1) is 12.6 Å². The Hall–Kier alpha value is -2.22. The van der Waals surface area contributed by atoms with Crippen LogP contribution in [0, 0.1) is 0 Å². The molecule has 1 fully saturated rings. The maximum Gasteiger partial charge on any atom is 0.238 e. The van der Waals surface area contributed by atoms with Crippen LogP contribution in [0.5, 0.6) is 0 Å². The number of amides is 2. The predicted octanol–water partition coefficient (Wildman–Crippen LogP) is 3.28. The molecule has 1 N–H and O–H groups in total. The second-order valence-corrected chi connectivity index (χ2v) is 8.73. The van der Waals surface area contributed by atoms with E-state index in [1.165, 1.54) is 4.88 Å². The number of ether oxygens (including phenoxy) is 1. The molecular formula is C22H27N3O3S. The Balaban J connectivity index is 1.39. The summed E-state index contributed by atoms with van der Waals surface area (Å²) in [4.78, 5) is 29.6. The van der Waals surface area contributed by atoms with Gasteiger partial charge in [-0.2, -0.15) is 0 Å². The van der Waals surface area contributed by atoms with Crippen molar-refractivity contribution in [2.24, 2.45) is 0 Å². The summed E-state index contributed by atoms with van der Waals surface area (Å²) in [5.41, 5.74) is 2.84. The number of nitrogens with one attached hydrogen (secondary N) is 1. The molecule has 2 aromatic rings. The molecular weight excluding hydrogens is 386 g/mol. The third-order valence-electron chi connectivity index (χ3n) is 5.45. The molecule has 2 aliphatic rings. The van der Waals surface area contributed by atoms with Gasteiger partial charge < -0.3 is 15.0 Å². The van der Waals surface area contributed by atoms with E-state index in [2.05, 4.69) is 21.7 Å². The fraction of sp³-hybridized carbons (Fsp3) is 0.455. The van der Waals surface area contributed by atoms with Crippen LogP contribution < -0.4 is 10.2 Å². The Morgan fingerprint density at radius 1 is 1.34 bits per heavy atom. The molecule has 6 nitrogen and oxygen atoms in total. The Labute approximate surface area is 175 Å². The van der Waals surface area contributed by atoms with E-state index in [0.29, 0.717) is 13.1 Å². The second-order valence-electron chi connectivity index (χ2n) is 7.70. The minimum absolute atomic E-state index is 0.0269. The summed E-state index contributed by atoms with van der Waals surface area (Å²) >= 11 is 1.71. The molecule has 0 unspecified atom stereocenters. The van der Waals surface area contributed by atoms with E-state index in [9.17, 15) is 9.59 Å². The van der Waals surface area contributed by atoms with Crippen LogP contribution >= 0.6 is 11.3 Å². The molecule has 1 aromatic carbocycles. The zero-order chi connectivity index (χ0) is 20.2. The molecule has 7 heteroatoms. The fourth-order valence-corrected chi connectivity index (χ4v) is 4.84. The molecule has 2 amide bonds. The van der Waals surface area contributed by atoms with E-state index < -0.39 is 0 Å². The molecule has 0 aliphatic carbocycles. The van der Waals surface area contributed by atoms with Gasteiger partial charge in [0.2, 0.25) is 11.8 Å². The summed E-state index contributed by atoms with van der Waals surface area (Å²) < 4.78 is 5.78. The summed E-state index contributed by atoms with van der Waals surface area (Å²) in [6.07, 6.45) is 3.18. The largest absolute Gasteiger partial charge is 0.377 e. The van der Waals surface area contributed by atoms with Gasteiger partial charge in [-0.25, -0.2) is 0 Å². The second kappa shape index (κ2) is 9.07. The minimum atomic E-state index is -0.0269. The van der Waals surface area contributed by atoms with Gasteiger partial charge in [0.15, 0.2) is 0 Å². The predicted molar refractivity (Wildman–Crippen MR) is 115 cm³/mol. The van der Waals surface area contributed by atoms with E-state index in [-0.39, 0.29) is 17.9 Å². The van der Waals surface area contributed by atoms with Crippen molar-refractivity contribution in [3.63, 3.8) is 0 Å². The highest BCUT2D eigenvalue weighted by molar-refractivity contribution is 7.09. The number of fused-ring (bicyclic) bond motifs is 1. The fourth-order valence-electron chi connectivity index (χ4n) is 4.09. The highest BCUT2D eigenvalue weighted by Gasteiger charge is 2.24. The van der Waals surface area contributed by atoms with Crippen molar-refractivity contribution >= 4 is 34.5 Å². The van der Waals surface area contributed by atoms with Crippen molar-refractivity contribution in [1.82, 2.24) is 4.90 Å². The third kappa shape index (κ3) is 5.04. The Bertz CT molecular complexity index is 862. The summed E-state index contributed by atoms with van der Waals surface area (Å²) in [5.74, 6) is 0.0276. The van der Waals surface area contributed by atoms with Gasteiger partial charge in [-0.1, -0.05) is 6.07 Å². The topological polar surface area (TPSA) is 61.9 Å². The van der Waals surface area contributed by atoms with Gasteiger partial charge in [0, 0.05) is 49.4 Å². The average Bonchev–Trinajstić information content (AvgIpc) is 3.42. The Morgan fingerprint density at radius 2 is 2.24 bits per heavy atom. The zero-order valence-electron chi connectivity index (χ0n) is 16.7. The molecule has 4 rings (SSSR count). The van der Waals surface area contributed by atoms with Crippen LogP contribution in [0.3, 0.4) is 0 Å². The molecule has 0 bridgehead atoms. The van der Waals surface area contributed by atoms with E-state index in [1.54, 1.807) is 23.2 Å². The number of carbonyl (C=O) groups is 2. The van der Waals surface area contributed by atoms with Crippen LogP contribution in [0.25, 0.3) is 0 Å². The molecule has 0 spiro atoms. The summed E-state index contributed by atoms with van der Waals surface area (Å²) in [6, 6.07) is 9.93. The first-order chi connectivity index (χ1) is 14.1. The molecule has 29 heavy (non-hydrogen) atoms. The van der Waals surface area contributed by atoms with Crippen LogP contribution in [0.1, 0.15) is 30.2 Å². The number of hydrogen-bond donors (Lipinski definition) is 1. The number of nitrogens with zero attached hydrogens (tertiary/aromatic N) is 2. The summed E-state index contributed by atoms with van der Waals surface area (Å²) in [5, 5.41) is 5.09. The smallest absolute Gasteiger partial charge is 0.238 e. The molecule has 0 radical (unpaired) electrons. The lowest BCUT2D eigenvalue weighted by molar-refractivity contribution is -0.118. The third-order valence-corrected chi connectivity index (χ3v) is 6.31. The zero-order valence-corrected chi connectivity index (χ0v) is 17.5. The molecule has 1 saturated heterocycles. The van der Waals surface area contributed by atoms with Crippen molar-refractivity contribution < 1.29 is 14.3 Å². The lowest BCUT2D eigenvalue weighted by Crippen LogP contribution is -2.37. The molecule has 1 atom stereocenters. The number of rotatable bonds is 7. The van der Waals surface area contributed by atoms with E-state index in [0.717, 1.165) is 55.9 Å². The standard InChI is InChI=1S/C22H27N3O3S/c1-16(26)25-9-8-17-12-18(6-7-21(17)25)23-22(27)15-24(13-19-4-2-10-28-19)14-20-5-3-11-29-20/h3,5-7,11-12,19H,2,4,8-10,13-15H2,1H3,(H,23,27)/t19-/m1/s1. The van der Waals surface area contributed by atoms with Gasteiger partial charge >= 0.3 is 0 Å². The van der Waals surface area contributed by atoms with Crippen LogP contribution in [-0.2, 0) is 27.3 Å². The molecule has 0 saturated carbocycles. The van der Waals surface area contributed by atoms with Gasteiger partial charge in [0.1, 0.15) is 0 Å². The quantitative estimate of drug-likeness (QED) is 0.757. The average molecular weight is 414 g/mol. The molecule has 154 valence electrons. The maximum absolute atomic E-state index is 12.7. The minimum Gasteiger partial charge on any atom is -0.377 e. The maximum atomic E-state index is 12.7. The molecule has 3 heterocycles. The number of carbonyl (C=O) groups excluding carboxylic acids is 2. The molecule has 1 aromatic heterocycles. The van der Waals surface area contributed by atoms with Crippen LogP contribution in [0.15, 0.2) is 35.7 Å². The Morgan fingerprint density at radius 3 is 2.97 bits per heavy atom. The number of anilines is 2. The summed E-state index contributed by atoms with van der Waals surface area (Å²) in [6.45, 7) is 4.95. The van der Waals surface area contributed by atoms with Crippen LogP contribution in [0.2, 0.25) is 0 Å². The van der Waals surface area contributed by atoms with Gasteiger partial charge in [-0.15, -0.1) is 11.3 Å². The van der Waals surface area contributed by atoms with Crippen molar-refractivity contribution in [2.75, 3.05) is 36.5 Å². The highest BCUT2D eigenvalue weighted by atomic mass is 32.1. The normalized spacial score (nSPS) is 18.3. The monoisotopic (exact) mass is 413 g/mol. The van der Waals surface area contributed by atoms with Crippen molar-refractivity contribution in [1.29, 1.82) is 0 Å². The first-order valence-electron chi connectivity index (χ1n) is 10.2. The number of benzene rings is 1. The first kappa shape index (κ1) is 20.1. The van der Waals surface area contributed by atoms with Crippen molar-refractivity contribution in [3.8, 4) is 0 Å². The highest BCUT2D eigenvalue weighted by Crippen LogP contribution is 2.30. The van der Waals surface area contributed by atoms with Gasteiger partial charge in [-0.3, -0.25) is 14.5 Å². The number of thiophene rings is 1. The van der Waals surface area contributed by atoms with Gasteiger partial charge in [0.25, 0.3) is 0 Å². The lowest BCUT2D eigenvalue weighted by Gasteiger charge is -2.24. The van der Waals surface area contributed by atoms with Crippen molar-refractivity contribution in [3.05, 3.63) is 46.2 Å². The molecule has 2 aliphatic heterocycles. The lowest BCUT2D eigenvalue weighted by atomic mass is 10.1. The summed E-state index contributed by atoms with van der Waals surface area (Å²) in [7, 11) is 0. The first-order valence-corrected chi connectivity index (χ1v) is 11.0. The SMILES string of the molecule is CC(=O)N1CCc2cc(NC(=O)CN(Cc3cccs3)C[C@H]3CCCO3)ccc21. The Kier molecular flexibility index (Phi) is 6.28. The van der Waals surface area contributed by atoms with E-state index >= 15 is 0 Å².